The van der Waals surface area contributed by atoms with Crippen LogP contribution in [0.2, 0.25) is 0 Å². The number of rotatable bonds is 4. The molecule has 1 aromatic rings. The largest absolute Gasteiger partial charge is 0.487 e. The molecule has 1 fully saturated rings. The fraction of sp³-hybridized carbons (Fsp3) is 0.600. The van der Waals surface area contributed by atoms with Crippen LogP contribution < -0.4 is 4.74 Å². The number of aliphatic hydroxyl groups excluding tert-OH is 1. The maximum Gasteiger partial charge on any atom is 0.130 e. The number of methoxy groups -OCH3 is 1. The lowest BCUT2D eigenvalue weighted by molar-refractivity contribution is -0.149. The lowest BCUT2D eigenvalue weighted by atomic mass is 9.88. The molecule has 1 saturated carbocycles. The van der Waals surface area contributed by atoms with Gasteiger partial charge in [-0.25, -0.2) is 0 Å². The van der Waals surface area contributed by atoms with Gasteiger partial charge in [-0.1, -0.05) is 26.0 Å². The summed E-state index contributed by atoms with van der Waals surface area (Å²) in [6.45, 7) is 6.36. The summed E-state index contributed by atoms with van der Waals surface area (Å²) in [7, 11) is 1.61. The Hall–Kier alpha value is -1.06. The first-order valence-corrected chi connectivity index (χ1v) is 6.51. The summed E-state index contributed by atoms with van der Waals surface area (Å²) in [5.74, 6) is 1.34. The van der Waals surface area contributed by atoms with E-state index in [2.05, 4.69) is 39.0 Å². The highest BCUT2D eigenvalue weighted by atomic mass is 16.6. The molecular formula is C15H22O3. The highest BCUT2D eigenvalue weighted by Crippen LogP contribution is 2.33. The van der Waals surface area contributed by atoms with E-state index in [9.17, 15) is 5.11 Å². The average molecular weight is 250 g/mol. The van der Waals surface area contributed by atoms with Crippen molar-refractivity contribution in [3.63, 3.8) is 0 Å². The SMILES string of the molecule is COC1C(O)CC1Oc1cc(C)ccc1C(C)C. The Morgan fingerprint density at radius 2 is 2.06 bits per heavy atom. The van der Waals surface area contributed by atoms with Gasteiger partial charge in [0, 0.05) is 13.5 Å². The van der Waals surface area contributed by atoms with Crippen molar-refractivity contribution in [3.05, 3.63) is 29.3 Å². The molecule has 0 radical (unpaired) electrons. The van der Waals surface area contributed by atoms with E-state index in [0.29, 0.717) is 12.3 Å². The third kappa shape index (κ3) is 2.52. The van der Waals surface area contributed by atoms with Crippen LogP contribution in [0.5, 0.6) is 5.75 Å². The van der Waals surface area contributed by atoms with Crippen molar-refractivity contribution < 1.29 is 14.6 Å². The molecule has 1 aliphatic carbocycles. The van der Waals surface area contributed by atoms with E-state index in [1.54, 1.807) is 7.11 Å². The summed E-state index contributed by atoms with van der Waals surface area (Å²) in [5.41, 5.74) is 2.39. The highest BCUT2D eigenvalue weighted by molar-refractivity contribution is 5.39. The average Bonchev–Trinajstić information content (AvgIpc) is 2.28. The van der Waals surface area contributed by atoms with Crippen LogP contribution in [-0.4, -0.2) is 30.5 Å². The minimum atomic E-state index is -0.396. The smallest absolute Gasteiger partial charge is 0.130 e. The monoisotopic (exact) mass is 250 g/mol. The fourth-order valence-electron chi connectivity index (χ4n) is 2.37. The zero-order valence-corrected chi connectivity index (χ0v) is 11.5. The van der Waals surface area contributed by atoms with Gasteiger partial charge >= 0.3 is 0 Å². The van der Waals surface area contributed by atoms with Crippen molar-refractivity contribution in [1.29, 1.82) is 0 Å². The van der Waals surface area contributed by atoms with Crippen LogP contribution in [0.25, 0.3) is 0 Å². The van der Waals surface area contributed by atoms with Gasteiger partial charge in [-0.2, -0.15) is 0 Å². The van der Waals surface area contributed by atoms with Crippen LogP contribution in [0.4, 0.5) is 0 Å². The molecule has 0 aromatic heterocycles. The Balaban J connectivity index is 2.16. The Labute approximate surface area is 109 Å². The summed E-state index contributed by atoms with van der Waals surface area (Å²) < 4.78 is 11.3. The van der Waals surface area contributed by atoms with Gasteiger partial charge in [0.05, 0.1) is 6.10 Å². The van der Waals surface area contributed by atoms with Gasteiger partial charge in [-0.3, -0.25) is 0 Å². The van der Waals surface area contributed by atoms with Gasteiger partial charge in [0.2, 0.25) is 0 Å². The van der Waals surface area contributed by atoms with Crippen LogP contribution in [0, 0.1) is 6.92 Å². The van der Waals surface area contributed by atoms with Gasteiger partial charge in [0.1, 0.15) is 18.0 Å². The zero-order valence-electron chi connectivity index (χ0n) is 11.5. The molecule has 3 atom stereocenters. The summed E-state index contributed by atoms with van der Waals surface area (Å²) in [5, 5.41) is 9.58. The first kappa shape index (κ1) is 13.4. The van der Waals surface area contributed by atoms with Crippen LogP contribution in [0.3, 0.4) is 0 Å². The second-order valence-electron chi connectivity index (χ2n) is 5.36. The summed E-state index contributed by atoms with van der Waals surface area (Å²) >= 11 is 0. The van der Waals surface area contributed by atoms with Crippen LogP contribution >= 0.6 is 0 Å². The van der Waals surface area contributed by atoms with Gasteiger partial charge in [0.15, 0.2) is 0 Å². The molecule has 3 heteroatoms. The number of hydrogen-bond acceptors (Lipinski definition) is 3. The molecule has 0 bridgehead atoms. The molecule has 1 aliphatic rings. The first-order chi connectivity index (χ1) is 8.52. The summed E-state index contributed by atoms with van der Waals surface area (Å²) in [6.07, 6.45) is 0.00593. The molecule has 100 valence electrons. The van der Waals surface area contributed by atoms with Gasteiger partial charge in [-0.15, -0.1) is 0 Å². The molecular weight excluding hydrogens is 228 g/mol. The van der Waals surface area contributed by atoms with Gasteiger partial charge in [-0.05, 0) is 30.0 Å². The molecule has 0 amide bonds. The predicted octanol–water partition coefficient (Wildman–Crippen LogP) is 2.65. The van der Waals surface area contributed by atoms with Crippen molar-refractivity contribution in [2.75, 3.05) is 7.11 Å². The van der Waals surface area contributed by atoms with Crippen LogP contribution in [0.1, 0.15) is 37.3 Å². The lowest BCUT2D eigenvalue weighted by Crippen LogP contribution is -2.54. The van der Waals surface area contributed by atoms with Gasteiger partial charge in [0.25, 0.3) is 0 Å². The van der Waals surface area contributed by atoms with Crippen molar-refractivity contribution in [2.24, 2.45) is 0 Å². The molecule has 3 unspecified atom stereocenters. The predicted molar refractivity (Wildman–Crippen MR) is 71.1 cm³/mol. The highest BCUT2D eigenvalue weighted by Gasteiger charge is 2.42. The number of aliphatic hydroxyl groups is 1. The Bertz CT molecular complexity index is 414. The maximum atomic E-state index is 9.58. The Morgan fingerprint density at radius 1 is 1.33 bits per heavy atom. The maximum absolute atomic E-state index is 9.58. The van der Waals surface area contributed by atoms with Gasteiger partial charge < -0.3 is 14.6 Å². The molecule has 1 N–H and O–H groups in total. The van der Waals surface area contributed by atoms with E-state index < -0.39 is 6.10 Å². The number of benzene rings is 1. The van der Waals surface area contributed by atoms with E-state index in [4.69, 9.17) is 9.47 Å². The standard InChI is InChI=1S/C15H22O3/c1-9(2)11-6-5-10(3)7-13(11)18-14-8-12(16)15(14)17-4/h5-7,9,12,14-16H,8H2,1-4H3. The topological polar surface area (TPSA) is 38.7 Å². The van der Waals surface area contributed by atoms with E-state index >= 15 is 0 Å². The van der Waals surface area contributed by atoms with Crippen LogP contribution in [-0.2, 0) is 4.74 Å². The number of aryl methyl sites for hydroxylation is 1. The number of ether oxygens (including phenoxy) is 2. The second-order valence-corrected chi connectivity index (χ2v) is 5.36. The Kier molecular flexibility index (Phi) is 3.93. The molecule has 18 heavy (non-hydrogen) atoms. The van der Waals surface area contributed by atoms with Crippen molar-refractivity contribution >= 4 is 0 Å². The van der Waals surface area contributed by atoms with Crippen molar-refractivity contribution in [3.8, 4) is 5.75 Å². The third-order valence-corrected chi connectivity index (χ3v) is 3.56. The molecule has 0 aliphatic heterocycles. The molecule has 0 heterocycles. The minimum Gasteiger partial charge on any atom is -0.487 e. The Morgan fingerprint density at radius 3 is 2.61 bits per heavy atom. The summed E-state index contributed by atoms with van der Waals surface area (Å²) in [4.78, 5) is 0. The van der Waals surface area contributed by atoms with Crippen molar-refractivity contribution in [1.82, 2.24) is 0 Å². The lowest BCUT2D eigenvalue weighted by Gasteiger charge is -2.40. The first-order valence-electron chi connectivity index (χ1n) is 6.51. The molecule has 0 saturated heterocycles. The normalized spacial score (nSPS) is 27.1. The molecule has 2 rings (SSSR count). The van der Waals surface area contributed by atoms with E-state index in [-0.39, 0.29) is 12.2 Å². The summed E-state index contributed by atoms with van der Waals surface area (Å²) in [6, 6.07) is 6.28. The number of hydrogen-bond donors (Lipinski definition) is 1. The zero-order chi connectivity index (χ0) is 13.3. The molecule has 0 spiro atoms. The minimum absolute atomic E-state index is 0.0377. The van der Waals surface area contributed by atoms with E-state index in [1.807, 2.05) is 0 Å². The van der Waals surface area contributed by atoms with Crippen LogP contribution in [0.15, 0.2) is 18.2 Å². The van der Waals surface area contributed by atoms with E-state index in [1.165, 1.54) is 11.1 Å². The molecule has 3 nitrogen and oxygen atoms in total. The second kappa shape index (κ2) is 5.29. The fourth-order valence-corrected chi connectivity index (χ4v) is 2.37. The van der Waals surface area contributed by atoms with E-state index in [0.717, 1.165) is 5.75 Å². The third-order valence-electron chi connectivity index (χ3n) is 3.56. The van der Waals surface area contributed by atoms with Crippen molar-refractivity contribution in [2.45, 2.75) is 51.4 Å². The molecule has 1 aromatic carbocycles. The quantitative estimate of drug-likeness (QED) is 0.893.